The van der Waals surface area contributed by atoms with Crippen LogP contribution in [0.5, 0.6) is 5.75 Å². The number of halogens is 6. The molecule has 28 heavy (non-hydrogen) atoms. The van der Waals surface area contributed by atoms with E-state index in [-0.39, 0.29) is 16.9 Å². The summed E-state index contributed by atoms with van der Waals surface area (Å²) < 4.78 is 78.8. The molecule has 0 aliphatic carbocycles. The van der Waals surface area contributed by atoms with E-state index in [4.69, 9.17) is 0 Å². The van der Waals surface area contributed by atoms with Gasteiger partial charge in [-0.25, -0.2) is 0 Å². The van der Waals surface area contributed by atoms with Crippen molar-refractivity contribution in [3.05, 3.63) is 53.6 Å². The van der Waals surface area contributed by atoms with E-state index < -0.39 is 35.7 Å². The van der Waals surface area contributed by atoms with Gasteiger partial charge in [0.1, 0.15) is 5.75 Å². The normalized spacial score (nSPS) is 11.7. The van der Waals surface area contributed by atoms with E-state index in [0.717, 1.165) is 43.3 Å². The quantitative estimate of drug-likeness (QED) is 0.716. The number of amides is 2. The fourth-order valence-electron chi connectivity index (χ4n) is 2.13. The molecule has 0 aliphatic rings. The first-order chi connectivity index (χ1) is 12.8. The van der Waals surface area contributed by atoms with Crippen molar-refractivity contribution >= 4 is 23.2 Å². The highest BCUT2D eigenvalue weighted by atomic mass is 19.4. The number of rotatable bonds is 4. The molecule has 2 aromatic carbocycles. The maximum Gasteiger partial charge on any atom is 0.573 e. The van der Waals surface area contributed by atoms with Crippen molar-refractivity contribution in [3.8, 4) is 5.75 Å². The van der Waals surface area contributed by atoms with Gasteiger partial charge in [-0.15, -0.1) is 13.2 Å². The standard InChI is InChI=1S/C17H12F6N2O3/c1-9(26)24-13-7-4-11(16(18,19)20)8-14(13)25-15(27)10-2-5-12(6-3-10)28-17(21,22)23/h2-8H,1H3,(H,24,26)(H,25,27). The number of anilines is 2. The Morgan fingerprint density at radius 1 is 0.857 bits per heavy atom. The zero-order valence-corrected chi connectivity index (χ0v) is 14.0. The molecule has 0 bridgehead atoms. The molecule has 2 N–H and O–H groups in total. The summed E-state index contributed by atoms with van der Waals surface area (Å²) in [5.41, 5.74) is -1.61. The predicted octanol–water partition coefficient (Wildman–Crippen LogP) is 4.81. The summed E-state index contributed by atoms with van der Waals surface area (Å²) in [5, 5.41) is 4.47. The minimum Gasteiger partial charge on any atom is -0.406 e. The van der Waals surface area contributed by atoms with Gasteiger partial charge in [-0.1, -0.05) is 0 Å². The first kappa shape index (κ1) is 21.1. The summed E-state index contributed by atoms with van der Waals surface area (Å²) in [4.78, 5) is 23.4. The molecule has 2 rings (SSSR count). The van der Waals surface area contributed by atoms with Gasteiger partial charge in [-0.3, -0.25) is 9.59 Å². The third-order valence-electron chi connectivity index (χ3n) is 3.26. The van der Waals surface area contributed by atoms with Crippen LogP contribution in [0.15, 0.2) is 42.5 Å². The molecular weight excluding hydrogens is 394 g/mol. The molecule has 11 heteroatoms. The van der Waals surface area contributed by atoms with E-state index in [0.29, 0.717) is 6.07 Å². The first-order valence-corrected chi connectivity index (χ1v) is 7.51. The van der Waals surface area contributed by atoms with Crippen LogP contribution in [-0.4, -0.2) is 18.2 Å². The van der Waals surface area contributed by atoms with Crippen LogP contribution in [-0.2, 0) is 11.0 Å². The molecule has 0 spiro atoms. The Morgan fingerprint density at radius 3 is 1.96 bits per heavy atom. The third kappa shape index (κ3) is 5.89. The Morgan fingerprint density at radius 2 is 1.46 bits per heavy atom. The van der Waals surface area contributed by atoms with Gasteiger partial charge < -0.3 is 15.4 Å². The SMILES string of the molecule is CC(=O)Nc1ccc(C(F)(F)F)cc1NC(=O)c1ccc(OC(F)(F)F)cc1. The van der Waals surface area contributed by atoms with Crippen molar-refractivity contribution in [2.45, 2.75) is 19.5 Å². The summed E-state index contributed by atoms with van der Waals surface area (Å²) in [6.45, 7) is 1.13. The number of hydrogen-bond donors (Lipinski definition) is 2. The average molecular weight is 406 g/mol. The lowest BCUT2D eigenvalue weighted by Gasteiger charge is -2.15. The first-order valence-electron chi connectivity index (χ1n) is 7.51. The monoisotopic (exact) mass is 406 g/mol. The Balaban J connectivity index is 2.27. The Labute approximate surface area is 154 Å². The summed E-state index contributed by atoms with van der Waals surface area (Å²) in [7, 11) is 0. The van der Waals surface area contributed by atoms with Crippen LogP contribution in [0.25, 0.3) is 0 Å². The van der Waals surface area contributed by atoms with E-state index in [1.165, 1.54) is 0 Å². The highest BCUT2D eigenvalue weighted by Gasteiger charge is 2.32. The lowest BCUT2D eigenvalue weighted by Crippen LogP contribution is -2.18. The van der Waals surface area contributed by atoms with E-state index in [2.05, 4.69) is 15.4 Å². The largest absolute Gasteiger partial charge is 0.573 e. The van der Waals surface area contributed by atoms with Crippen LogP contribution in [0.1, 0.15) is 22.8 Å². The van der Waals surface area contributed by atoms with E-state index in [9.17, 15) is 35.9 Å². The zero-order chi connectivity index (χ0) is 21.1. The molecule has 0 saturated heterocycles. The number of carbonyl (C=O) groups is 2. The van der Waals surface area contributed by atoms with Crippen LogP contribution in [0.4, 0.5) is 37.7 Å². The molecule has 0 aromatic heterocycles. The average Bonchev–Trinajstić information content (AvgIpc) is 2.54. The number of alkyl halides is 6. The Bertz CT molecular complexity index is 876. The topological polar surface area (TPSA) is 67.4 Å². The van der Waals surface area contributed by atoms with Crippen LogP contribution in [0.3, 0.4) is 0 Å². The van der Waals surface area contributed by atoms with Gasteiger partial charge >= 0.3 is 12.5 Å². The molecule has 2 amide bonds. The van der Waals surface area contributed by atoms with Gasteiger partial charge in [0.25, 0.3) is 5.91 Å². The smallest absolute Gasteiger partial charge is 0.406 e. The minimum absolute atomic E-state index is 0.0779. The van der Waals surface area contributed by atoms with E-state index >= 15 is 0 Å². The van der Waals surface area contributed by atoms with Gasteiger partial charge in [0, 0.05) is 12.5 Å². The fraction of sp³-hybridized carbons (Fsp3) is 0.176. The third-order valence-corrected chi connectivity index (χ3v) is 3.26. The van der Waals surface area contributed by atoms with Gasteiger partial charge in [-0.05, 0) is 42.5 Å². The molecule has 150 valence electrons. The van der Waals surface area contributed by atoms with Crippen molar-refractivity contribution in [1.29, 1.82) is 0 Å². The molecule has 0 saturated carbocycles. The number of benzene rings is 2. The van der Waals surface area contributed by atoms with E-state index in [1.807, 2.05) is 0 Å². The second-order valence-corrected chi connectivity index (χ2v) is 5.47. The number of ether oxygens (including phenoxy) is 1. The second-order valence-electron chi connectivity index (χ2n) is 5.47. The molecule has 2 aromatic rings. The van der Waals surface area contributed by atoms with Gasteiger partial charge in [0.15, 0.2) is 0 Å². The van der Waals surface area contributed by atoms with Crippen molar-refractivity contribution < 1.29 is 40.7 Å². The molecule has 0 aliphatic heterocycles. The van der Waals surface area contributed by atoms with E-state index in [1.54, 1.807) is 0 Å². The van der Waals surface area contributed by atoms with Crippen molar-refractivity contribution in [3.63, 3.8) is 0 Å². The molecule has 5 nitrogen and oxygen atoms in total. The van der Waals surface area contributed by atoms with Gasteiger partial charge in [-0.2, -0.15) is 13.2 Å². The molecule has 0 atom stereocenters. The lowest BCUT2D eigenvalue weighted by atomic mass is 10.1. The predicted molar refractivity (Wildman–Crippen MR) is 86.8 cm³/mol. The maximum atomic E-state index is 12.9. The highest BCUT2D eigenvalue weighted by Crippen LogP contribution is 2.34. The van der Waals surface area contributed by atoms with Crippen LogP contribution < -0.4 is 15.4 Å². The summed E-state index contributed by atoms with van der Waals surface area (Å²) in [6, 6.07) is 6.09. The molecule has 0 unspecified atom stereocenters. The highest BCUT2D eigenvalue weighted by molar-refractivity contribution is 6.07. The van der Waals surface area contributed by atoms with Gasteiger partial charge in [0.2, 0.25) is 5.91 Å². The Hall–Kier alpha value is -3.24. The van der Waals surface area contributed by atoms with Gasteiger partial charge in [0.05, 0.1) is 16.9 Å². The number of carbonyl (C=O) groups excluding carboxylic acids is 2. The summed E-state index contributed by atoms with van der Waals surface area (Å²) >= 11 is 0. The second kappa shape index (κ2) is 7.79. The van der Waals surface area contributed by atoms with Crippen molar-refractivity contribution in [2.24, 2.45) is 0 Å². The fourth-order valence-corrected chi connectivity index (χ4v) is 2.13. The number of nitrogens with one attached hydrogen (secondary N) is 2. The minimum atomic E-state index is -4.91. The van der Waals surface area contributed by atoms with Crippen molar-refractivity contribution in [1.82, 2.24) is 0 Å². The molecule has 0 radical (unpaired) electrons. The van der Waals surface area contributed by atoms with Crippen LogP contribution >= 0.6 is 0 Å². The zero-order valence-electron chi connectivity index (χ0n) is 14.0. The summed E-state index contributed by atoms with van der Waals surface area (Å²) in [5.74, 6) is -2.05. The number of hydrogen-bond acceptors (Lipinski definition) is 3. The lowest BCUT2D eigenvalue weighted by molar-refractivity contribution is -0.274. The maximum absolute atomic E-state index is 12.9. The molecule has 0 fully saturated rings. The summed E-state index contributed by atoms with van der Waals surface area (Å²) in [6.07, 6.45) is -9.60. The van der Waals surface area contributed by atoms with Crippen LogP contribution in [0, 0.1) is 0 Å². The molecule has 0 heterocycles. The Kier molecular flexibility index (Phi) is 5.86. The van der Waals surface area contributed by atoms with Crippen LogP contribution in [0.2, 0.25) is 0 Å². The van der Waals surface area contributed by atoms with Crippen molar-refractivity contribution in [2.75, 3.05) is 10.6 Å². The molecular formula is C17H12F6N2O3.